The minimum Gasteiger partial charge on any atom is -0.349 e. The van der Waals surface area contributed by atoms with Crippen LogP contribution in [0.2, 0.25) is 0 Å². The first-order valence-electron chi connectivity index (χ1n) is 6.32. The van der Waals surface area contributed by atoms with E-state index in [1.54, 1.807) is 14.1 Å². The van der Waals surface area contributed by atoms with Gasteiger partial charge in [0.2, 0.25) is 5.91 Å². The number of nitrogens with zero attached hydrogens (tertiary/aromatic N) is 1. The monoisotopic (exact) mass is 266 g/mol. The number of rotatable bonds is 4. The number of carbonyl (C=O) groups excluding carboxylic acids is 1. The average molecular weight is 266 g/mol. The van der Waals surface area contributed by atoms with Crippen LogP contribution in [0.4, 0.5) is 13.2 Å². The van der Waals surface area contributed by atoms with Crippen LogP contribution in [0.25, 0.3) is 0 Å². The molecule has 18 heavy (non-hydrogen) atoms. The second-order valence-corrected chi connectivity index (χ2v) is 5.03. The number of hydrogen-bond acceptors (Lipinski definition) is 2. The first-order valence-corrected chi connectivity index (χ1v) is 6.32. The number of nitrogens with one attached hydrogen (secondary N) is 1. The second-order valence-electron chi connectivity index (χ2n) is 5.03. The first-order chi connectivity index (χ1) is 8.32. The van der Waals surface area contributed by atoms with E-state index in [2.05, 4.69) is 5.32 Å². The Kier molecular flexibility index (Phi) is 5.44. The van der Waals surface area contributed by atoms with Gasteiger partial charge in [-0.25, -0.2) is 0 Å². The Labute approximate surface area is 106 Å². The van der Waals surface area contributed by atoms with E-state index in [4.69, 9.17) is 0 Å². The summed E-state index contributed by atoms with van der Waals surface area (Å²) in [5.41, 5.74) is 0. The van der Waals surface area contributed by atoms with E-state index in [0.29, 0.717) is 19.4 Å². The summed E-state index contributed by atoms with van der Waals surface area (Å²) in [6, 6.07) is -0.534. The van der Waals surface area contributed by atoms with Crippen molar-refractivity contribution in [2.75, 3.05) is 20.6 Å². The third-order valence-electron chi connectivity index (χ3n) is 3.43. The van der Waals surface area contributed by atoms with E-state index in [1.807, 2.05) is 0 Å². The number of alkyl halides is 3. The van der Waals surface area contributed by atoms with E-state index >= 15 is 0 Å². The van der Waals surface area contributed by atoms with Crippen LogP contribution in [0, 0.1) is 5.92 Å². The van der Waals surface area contributed by atoms with Crippen molar-refractivity contribution < 1.29 is 18.0 Å². The van der Waals surface area contributed by atoms with Crippen LogP contribution in [0.3, 0.4) is 0 Å². The van der Waals surface area contributed by atoms with Gasteiger partial charge >= 0.3 is 6.18 Å². The molecule has 0 bridgehead atoms. The lowest BCUT2D eigenvalue weighted by Gasteiger charge is -2.33. The topological polar surface area (TPSA) is 32.3 Å². The highest BCUT2D eigenvalue weighted by Gasteiger charge is 2.45. The molecule has 1 N–H and O–H groups in total. The van der Waals surface area contributed by atoms with Gasteiger partial charge in [0.15, 0.2) is 0 Å². The van der Waals surface area contributed by atoms with Gasteiger partial charge < -0.3 is 10.2 Å². The molecule has 2 unspecified atom stereocenters. The van der Waals surface area contributed by atoms with Crippen LogP contribution < -0.4 is 5.32 Å². The highest BCUT2D eigenvalue weighted by Crippen LogP contribution is 2.37. The molecule has 1 aliphatic carbocycles. The normalized spacial score (nSPS) is 24.9. The zero-order valence-electron chi connectivity index (χ0n) is 10.9. The number of carbonyl (C=O) groups is 1. The predicted molar refractivity (Wildman–Crippen MR) is 63.1 cm³/mol. The maximum absolute atomic E-state index is 12.8. The van der Waals surface area contributed by atoms with E-state index in [-0.39, 0.29) is 18.7 Å². The summed E-state index contributed by atoms with van der Waals surface area (Å²) in [4.78, 5) is 12.8. The standard InChI is InChI=1S/C12H21F3N2O/c1-17(2)11(18)7-8-16-10-6-4-3-5-9(10)12(13,14)15/h9-10,16H,3-8H2,1-2H3. The van der Waals surface area contributed by atoms with Crippen molar-refractivity contribution in [1.29, 1.82) is 0 Å². The van der Waals surface area contributed by atoms with Gasteiger partial charge in [-0.2, -0.15) is 13.2 Å². The van der Waals surface area contributed by atoms with Crippen molar-refractivity contribution in [3.8, 4) is 0 Å². The lowest BCUT2D eigenvalue weighted by atomic mass is 9.84. The molecule has 6 heteroatoms. The largest absolute Gasteiger partial charge is 0.393 e. The molecule has 0 heterocycles. The highest BCUT2D eigenvalue weighted by atomic mass is 19.4. The van der Waals surface area contributed by atoms with E-state index < -0.39 is 18.1 Å². The molecule has 1 amide bonds. The third-order valence-corrected chi connectivity index (χ3v) is 3.43. The lowest BCUT2D eigenvalue weighted by Crippen LogP contribution is -2.46. The van der Waals surface area contributed by atoms with Gasteiger partial charge in [0.25, 0.3) is 0 Å². The van der Waals surface area contributed by atoms with Crippen LogP contribution >= 0.6 is 0 Å². The Morgan fingerprint density at radius 2 is 1.89 bits per heavy atom. The highest BCUT2D eigenvalue weighted by molar-refractivity contribution is 5.75. The SMILES string of the molecule is CN(C)C(=O)CCNC1CCCCC1C(F)(F)F. The molecular weight excluding hydrogens is 245 g/mol. The Bertz CT molecular complexity index is 279. The van der Waals surface area contributed by atoms with Crippen molar-refractivity contribution in [2.45, 2.75) is 44.3 Å². The fraction of sp³-hybridized carbons (Fsp3) is 0.917. The van der Waals surface area contributed by atoms with E-state index in [0.717, 1.165) is 6.42 Å². The summed E-state index contributed by atoms with van der Waals surface area (Å²) in [6.45, 7) is 0.314. The van der Waals surface area contributed by atoms with Crippen LogP contribution in [0.5, 0.6) is 0 Å². The average Bonchev–Trinajstić information content (AvgIpc) is 2.28. The number of halogens is 3. The van der Waals surface area contributed by atoms with Gasteiger partial charge in [-0.05, 0) is 12.8 Å². The van der Waals surface area contributed by atoms with Crippen LogP contribution in [-0.4, -0.2) is 43.7 Å². The molecule has 1 saturated carbocycles. The zero-order valence-corrected chi connectivity index (χ0v) is 10.9. The molecule has 2 atom stereocenters. The fourth-order valence-electron chi connectivity index (χ4n) is 2.36. The van der Waals surface area contributed by atoms with Gasteiger partial charge in [-0.3, -0.25) is 4.79 Å². The van der Waals surface area contributed by atoms with Crippen molar-refractivity contribution >= 4 is 5.91 Å². The Morgan fingerprint density at radius 3 is 2.44 bits per heavy atom. The predicted octanol–water partition coefficient (Wildman–Crippen LogP) is 2.18. The molecule has 0 aromatic rings. The summed E-state index contributed by atoms with van der Waals surface area (Å²) < 4.78 is 38.4. The second kappa shape index (κ2) is 6.41. The maximum Gasteiger partial charge on any atom is 0.393 e. The first kappa shape index (κ1) is 15.3. The maximum atomic E-state index is 12.8. The molecule has 1 aliphatic rings. The molecule has 3 nitrogen and oxygen atoms in total. The summed E-state index contributed by atoms with van der Waals surface area (Å²) in [7, 11) is 3.28. The van der Waals surface area contributed by atoms with E-state index in [9.17, 15) is 18.0 Å². The zero-order chi connectivity index (χ0) is 13.8. The number of hydrogen-bond donors (Lipinski definition) is 1. The van der Waals surface area contributed by atoms with Gasteiger partial charge in [0.05, 0.1) is 5.92 Å². The molecular formula is C12H21F3N2O. The lowest BCUT2D eigenvalue weighted by molar-refractivity contribution is -0.188. The van der Waals surface area contributed by atoms with Crippen LogP contribution in [-0.2, 0) is 4.79 Å². The van der Waals surface area contributed by atoms with Crippen molar-refractivity contribution in [2.24, 2.45) is 5.92 Å². The molecule has 0 aromatic heterocycles. The van der Waals surface area contributed by atoms with Gasteiger partial charge in [-0.15, -0.1) is 0 Å². The van der Waals surface area contributed by atoms with Crippen molar-refractivity contribution in [1.82, 2.24) is 10.2 Å². The summed E-state index contributed by atoms with van der Waals surface area (Å²) in [5, 5.41) is 2.90. The van der Waals surface area contributed by atoms with Gasteiger partial charge in [-0.1, -0.05) is 12.8 Å². The summed E-state index contributed by atoms with van der Waals surface area (Å²) in [5.74, 6) is -1.33. The molecule has 0 aromatic carbocycles. The quantitative estimate of drug-likeness (QED) is 0.846. The Hall–Kier alpha value is -0.780. The molecule has 0 radical (unpaired) electrons. The molecule has 1 rings (SSSR count). The smallest absolute Gasteiger partial charge is 0.349 e. The molecule has 0 spiro atoms. The van der Waals surface area contributed by atoms with Gasteiger partial charge in [0.1, 0.15) is 0 Å². The minimum absolute atomic E-state index is 0.0677. The molecule has 1 fully saturated rings. The summed E-state index contributed by atoms with van der Waals surface area (Å²) >= 11 is 0. The Morgan fingerprint density at radius 1 is 1.28 bits per heavy atom. The van der Waals surface area contributed by atoms with Crippen molar-refractivity contribution in [3.63, 3.8) is 0 Å². The van der Waals surface area contributed by atoms with Gasteiger partial charge in [0, 0.05) is 33.1 Å². The number of amides is 1. The molecule has 0 aliphatic heterocycles. The van der Waals surface area contributed by atoms with Crippen molar-refractivity contribution in [3.05, 3.63) is 0 Å². The molecule has 0 saturated heterocycles. The minimum atomic E-state index is -4.14. The fourth-order valence-corrected chi connectivity index (χ4v) is 2.36. The van der Waals surface area contributed by atoms with Crippen LogP contribution in [0.1, 0.15) is 32.1 Å². The van der Waals surface area contributed by atoms with E-state index in [1.165, 1.54) is 4.90 Å². The third kappa shape index (κ3) is 4.48. The Balaban J connectivity index is 2.41. The molecule has 106 valence electrons. The summed E-state index contributed by atoms with van der Waals surface area (Å²) in [6.07, 6.45) is -1.69. The van der Waals surface area contributed by atoms with Crippen LogP contribution in [0.15, 0.2) is 0 Å².